The van der Waals surface area contributed by atoms with Crippen LogP contribution in [0.4, 0.5) is 0 Å². The standard InChI is InChI=1S/C14H29N3O2/c1-4-19-12-7-5-9-17(11-12)10-6-8-14(2,16-3)13(15)18/h12,16H,4-11H2,1-3H3,(H2,15,18). The Morgan fingerprint density at radius 2 is 2.32 bits per heavy atom. The maximum absolute atomic E-state index is 11.4. The fourth-order valence-corrected chi connectivity index (χ4v) is 2.62. The first-order chi connectivity index (χ1) is 9.01. The zero-order valence-electron chi connectivity index (χ0n) is 12.6. The number of nitrogens with one attached hydrogen (secondary N) is 1. The van der Waals surface area contributed by atoms with Gasteiger partial charge < -0.3 is 20.7 Å². The van der Waals surface area contributed by atoms with Gasteiger partial charge in [0.2, 0.25) is 5.91 Å². The Hall–Kier alpha value is -0.650. The molecule has 5 heteroatoms. The molecule has 2 atom stereocenters. The van der Waals surface area contributed by atoms with Gasteiger partial charge in [-0.15, -0.1) is 0 Å². The first-order valence-corrected chi connectivity index (χ1v) is 7.34. The third kappa shape index (κ3) is 5.09. The third-order valence-electron chi connectivity index (χ3n) is 4.11. The number of ether oxygens (including phenoxy) is 1. The minimum atomic E-state index is -0.588. The molecule has 1 amide bonds. The number of primary amides is 1. The highest BCUT2D eigenvalue weighted by molar-refractivity contribution is 5.84. The molecule has 0 bridgehead atoms. The number of likely N-dealkylation sites (tertiary alicyclic amines) is 1. The number of hydrogen-bond acceptors (Lipinski definition) is 4. The molecule has 0 saturated carbocycles. The molecule has 112 valence electrons. The largest absolute Gasteiger partial charge is 0.377 e. The molecule has 3 N–H and O–H groups in total. The van der Waals surface area contributed by atoms with Crippen molar-refractivity contribution in [3.63, 3.8) is 0 Å². The Morgan fingerprint density at radius 3 is 2.89 bits per heavy atom. The lowest BCUT2D eigenvalue weighted by atomic mass is 9.95. The summed E-state index contributed by atoms with van der Waals surface area (Å²) < 4.78 is 5.69. The van der Waals surface area contributed by atoms with Crippen molar-refractivity contribution in [3.8, 4) is 0 Å². The van der Waals surface area contributed by atoms with Crippen LogP contribution in [0.3, 0.4) is 0 Å². The number of likely N-dealkylation sites (N-methyl/N-ethyl adjacent to an activating group) is 1. The normalized spacial score (nSPS) is 24.1. The summed E-state index contributed by atoms with van der Waals surface area (Å²) in [4.78, 5) is 13.8. The van der Waals surface area contributed by atoms with E-state index in [0.29, 0.717) is 6.10 Å². The van der Waals surface area contributed by atoms with Gasteiger partial charge in [0.25, 0.3) is 0 Å². The van der Waals surface area contributed by atoms with Crippen molar-refractivity contribution in [3.05, 3.63) is 0 Å². The molecule has 1 aliphatic heterocycles. The van der Waals surface area contributed by atoms with Crippen LogP contribution >= 0.6 is 0 Å². The average Bonchev–Trinajstić information content (AvgIpc) is 2.39. The summed E-state index contributed by atoms with van der Waals surface area (Å²) >= 11 is 0. The van der Waals surface area contributed by atoms with Crippen LogP contribution in [0.1, 0.15) is 39.5 Å². The van der Waals surface area contributed by atoms with Gasteiger partial charge in [0.05, 0.1) is 11.6 Å². The summed E-state index contributed by atoms with van der Waals surface area (Å²) in [6.45, 7) is 7.86. The lowest BCUT2D eigenvalue weighted by Gasteiger charge is -2.33. The molecular weight excluding hydrogens is 242 g/mol. The van der Waals surface area contributed by atoms with Gasteiger partial charge in [0.1, 0.15) is 0 Å². The van der Waals surface area contributed by atoms with E-state index >= 15 is 0 Å². The van der Waals surface area contributed by atoms with Crippen LogP contribution in [0.25, 0.3) is 0 Å². The van der Waals surface area contributed by atoms with E-state index in [1.807, 2.05) is 13.8 Å². The molecule has 5 nitrogen and oxygen atoms in total. The van der Waals surface area contributed by atoms with E-state index in [2.05, 4.69) is 10.2 Å². The second kappa shape index (κ2) is 7.82. The molecule has 0 aromatic rings. The molecule has 19 heavy (non-hydrogen) atoms. The Labute approximate surface area is 116 Å². The Balaban J connectivity index is 2.30. The van der Waals surface area contributed by atoms with E-state index in [1.54, 1.807) is 7.05 Å². The fraction of sp³-hybridized carbons (Fsp3) is 0.929. The molecule has 1 rings (SSSR count). The molecule has 0 radical (unpaired) electrons. The van der Waals surface area contributed by atoms with Gasteiger partial charge >= 0.3 is 0 Å². The zero-order valence-corrected chi connectivity index (χ0v) is 12.6. The number of carbonyl (C=O) groups excluding carboxylic acids is 1. The van der Waals surface area contributed by atoms with E-state index in [9.17, 15) is 4.79 Å². The number of carbonyl (C=O) groups is 1. The number of nitrogens with two attached hydrogens (primary N) is 1. The van der Waals surface area contributed by atoms with Crippen LogP contribution < -0.4 is 11.1 Å². The highest BCUT2D eigenvalue weighted by Crippen LogP contribution is 2.16. The van der Waals surface area contributed by atoms with E-state index in [1.165, 1.54) is 12.8 Å². The monoisotopic (exact) mass is 271 g/mol. The number of piperidine rings is 1. The topological polar surface area (TPSA) is 67.6 Å². The lowest BCUT2D eigenvalue weighted by Crippen LogP contribution is -2.51. The Kier molecular flexibility index (Phi) is 6.75. The van der Waals surface area contributed by atoms with E-state index in [-0.39, 0.29) is 5.91 Å². The smallest absolute Gasteiger partial charge is 0.237 e. The van der Waals surface area contributed by atoms with Crippen LogP contribution in [0.15, 0.2) is 0 Å². The molecule has 0 spiro atoms. The van der Waals surface area contributed by atoms with Gasteiger partial charge in [-0.3, -0.25) is 4.79 Å². The maximum Gasteiger partial charge on any atom is 0.237 e. The first kappa shape index (κ1) is 16.4. The summed E-state index contributed by atoms with van der Waals surface area (Å²) in [5, 5.41) is 3.03. The highest BCUT2D eigenvalue weighted by Gasteiger charge is 2.28. The summed E-state index contributed by atoms with van der Waals surface area (Å²) in [5.74, 6) is -0.277. The highest BCUT2D eigenvalue weighted by atomic mass is 16.5. The maximum atomic E-state index is 11.4. The van der Waals surface area contributed by atoms with Crippen molar-refractivity contribution in [2.45, 2.75) is 51.2 Å². The number of amides is 1. The van der Waals surface area contributed by atoms with Crippen molar-refractivity contribution < 1.29 is 9.53 Å². The number of hydrogen-bond donors (Lipinski definition) is 2. The van der Waals surface area contributed by atoms with Gasteiger partial charge in [-0.1, -0.05) is 0 Å². The predicted octanol–water partition coefficient (Wildman–Crippen LogP) is 0.731. The average molecular weight is 271 g/mol. The van der Waals surface area contributed by atoms with Gasteiger partial charge in [-0.05, 0) is 59.7 Å². The van der Waals surface area contributed by atoms with Crippen LogP contribution in [0.5, 0.6) is 0 Å². The predicted molar refractivity (Wildman–Crippen MR) is 77.0 cm³/mol. The van der Waals surface area contributed by atoms with E-state index in [0.717, 1.165) is 39.1 Å². The fourth-order valence-electron chi connectivity index (χ4n) is 2.62. The lowest BCUT2D eigenvalue weighted by molar-refractivity contribution is -0.123. The van der Waals surface area contributed by atoms with Crippen LogP contribution in [-0.2, 0) is 9.53 Å². The second-order valence-corrected chi connectivity index (χ2v) is 5.57. The number of nitrogens with zero attached hydrogens (tertiary/aromatic N) is 1. The minimum Gasteiger partial charge on any atom is -0.377 e. The molecule has 1 saturated heterocycles. The molecule has 0 aliphatic carbocycles. The molecule has 1 heterocycles. The Bertz CT molecular complexity index is 284. The molecule has 0 aromatic carbocycles. The molecular formula is C14H29N3O2. The summed E-state index contributed by atoms with van der Waals surface area (Å²) in [6.07, 6.45) is 4.49. The van der Waals surface area contributed by atoms with Crippen molar-refractivity contribution in [2.24, 2.45) is 5.73 Å². The van der Waals surface area contributed by atoms with Crippen LogP contribution in [-0.4, -0.2) is 55.7 Å². The minimum absolute atomic E-state index is 0.277. The zero-order chi connectivity index (χ0) is 14.3. The summed E-state index contributed by atoms with van der Waals surface area (Å²) in [5.41, 5.74) is 4.84. The van der Waals surface area contributed by atoms with Gasteiger partial charge in [0, 0.05) is 13.2 Å². The molecule has 0 aromatic heterocycles. The van der Waals surface area contributed by atoms with Crippen molar-refractivity contribution >= 4 is 5.91 Å². The van der Waals surface area contributed by atoms with Gasteiger partial charge in [-0.25, -0.2) is 0 Å². The number of rotatable bonds is 8. The Morgan fingerprint density at radius 1 is 1.58 bits per heavy atom. The summed E-state index contributed by atoms with van der Waals surface area (Å²) in [6, 6.07) is 0. The molecule has 1 fully saturated rings. The van der Waals surface area contributed by atoms with Gasteiger partial charge in [-0.2, -0.15) is 0 Å². The van der Waals surface area contributed by atoms with Crippen molar-refractivity contribution in [1.82, 2.24) is 10.2 Å². The van der Waals surface area contributed by atoms with Gasteiger partial charge in [0.15, 0.2) is 0 Å². The first-order valence-electron chi connectivity index (χ1n) is 7.34. The van der Waals surface area contributed by atoms with Crippen LogP contribution in [0.2, 0.25) is 0 Å². The van der Waals surface area contributed by atoms with Crippen LogP contribution in [0, 0.1) is 0 Å². The molecule has 1 aliphatic rings. The third-order valence-corrected chi connectivity index (χ3v) is 4.11. The SMILES string of the molecule is CCOC1CCCN(CCCC(C)(NC)C(N)=O)C1. The quantitative estimate of drug-likeness (QED) is 0.683. The molecule has 2 unspecified atom stereocenters. The summed E-state index contributed by atoms with van der Waals surface area (Å²) in [7, 11) is 1.79. The van der Waals surface area contributed by atoms with E-state index < -0.39 is 5.54 Å². The van der Waals surface area contributed by atoms with Crippen molar-refractivity contribution in [2.75, 3.05) is 33.3 Å². The van der Waals surface area contributed by atoms with Crippen molar-refractivity contribution in [1.29, 1.82) is 0 Å². The second-order valence-electron chi connectivity index (χ2n) is 5.57. The van der Waals surface area contributed by atoms with E-state index in [4.69, 9.17) is 10.5 Å².